The summed E-state index contributed by atoms with van der Waals surface area (Å²) in [6.07, 6.45) is 16.0. The van der Waals surface area contributed by atoms with Crippen LogP contribution in [0.1, 0.15) is 78.6 Å². The van der Waals surface area contributed by atoms with Crippen molar-refractivity contribution in [2.75, 3.05) is 0 Å². The van der Waals surface area contributed by atoms with Crippen molar-refractivity contribution in [3.8, 4) is 0 Å². The second kappa shape index (κ2) is 6.71. The molecule has 3 heteroatoms. The van der Waals surface area contributed by atoms with Gasteiger partial charge in [0.2, 0.25) is 0 Å². The quantitative estimate of drug-likeness (QED) is 0.667. The molecule has 4 fully saturated rings. The van der Waals surface area contributed by atoms with Gasteiger partial charge in [0.05, 0.1) is 6.54 Å². The molecule has 28 heavy (non-hydrogen) atoms. The number of hydrogen-bond donors (Lipinski definition) is 0. The van der Waals surface area contributed by atoms with Crippen molar-refractivity contribution in [3.05, 3.63) is 18.5 Å². The molecule has 1 heterocycles. The summed E-state index contributed by atoms with van der Waals surface area (Å²) in [6, 6.07) is 1.92. The lowest BCUT2D eigenvalue weighted by atomic mass is 9.44. The van der Waals surface area contributed by atoms with Crippen LogP contribution in [0.4, 0.5) is 0 Å². The standard InChI is InChI=1S/C25H38N2O/c1-17-9-11-24(2)18(15-17)5-6-19-20-7-8-22(25(20,3)12-10-21(19)24)23(28)16-27-14-4-13-26-27/h4,13-14,17-22H,5-12,15-16H2,1-3H3. The fraction of sp³-hybridized carbons (Fsp3) is 0.840. The first-order valence-corrected chi connectivity index (χ1v) is 11.9. The molecule has 0 amide bonds. The normalized spacial score (nSPS) is 47.8. The Labute approximate surface area is 170 Å². The van der Waals surface area contributed by atoms with Gasteiger partial charge in [-0.25, -0.2) is 0 Å². The molecule has 1 aromatic heterocycles. The van der Waals surface area contributed by atoms with E-state index in [9.17, 15) is 4.79 Å². The van der Waals surface area contributed by atoms with E-state index in [-0.39, 0.29) is 11.3 Å². The molecule has 5 rings (SSSR count). The Morgan fingerprint density at radius 3 is 2.61 bits per heavy atom. The van der Waals surface area contributed by atoms with E-state index in [1.165, 1.54) is 51.4 Å². The number of aromatic nitrogens is 2. The number of rotatable bonds is 3. The van der Waals surface area contributed by atoms with Crippen LogP contribution in [0, 0.1) is 46.3 Å². The van der Waals surface area contributed by atoms with Gasteiger partial charge in [-0.1, -0.05) is 27.2 Å². The molecule has 154 valence electrons. The minimum atomic E-state index is 0.233. The zero-order valence-electron chi connectivity index (χ0n) is 18.1. The Morgan fingerprint density at radius 1 is 1.04 bits per heavy atom. The average molecular weight is 383 g/mol. The van der Waals surface area contributed by atoms with Crippen LogP contribution in [0.25, 0.3) is 0 Å². The minimum Gasteiger partial charge on any atom is -0.297 e. The van der Waals surface area contributed by atoms with E-state index in [2.05, 4.69) is 25.9 Å². The van der Waals surface area contributed by atoms with E-state index < -0.39 is 0 Å². The van der Waals surface area contributed by atoms with Gasteiger partial charge in [-0.2, -0.15) is 5.10 Å². The van der Waals surface area contributed by atoms with Gasteiger partial charge in [0, 0.05) is 18.3 Å². The second-order valence-electron chi connectivity index (χ2n) is 11.4. The maximum Gasteiger partial charge on any atom is 0.157 e. The first-order valence-electron chi connectivity index (χ1n) is 11.9. The molecule has 0 bridgehead atoms. The molecule has 0 aromatic carbocycles. The third-order valence-electron chi connectivity index (χ3n) is 10.2. The summed E-state index contributed by atoms with van der Waals surface area (Å²) in [5, 5.41) is 4.28. The van der Waals surface area contributed by atoms with Gasteiger partial charge < -0.3 is 0 Å². The SMILES string of the molecule is CC1CCC2(C)C(CCC3C2CCC2(C)C(C(=O)Cn4cccn4)CCC32)C1. The summed E-state index contributed by atoms with van der Waals surface area (Å²) in [4.78, 5) is 13.2. The summed E-state index contributed by atoms with van der Waals surface area (Å²) < 4.78 is 1.82. The fourth-order valence-corrected chi connectivity index (χ4v) is 8.67. The largest absolute Gasteiger partial charge is 0.297 e. The smallest absolute Gasteiger partial charge is 0.157 e. The van der Waals surface area contributed by atoms with Gasteiger partial charge in [-0.3, -0.25) is 9.48 Å². The fourth-order valence-electron chi connectivity index (χ4n) is 8.67. The van der Waals surface area contributed by atoms with Gasteiger partial charge >= 0.3 is 0 Å². The van der Waals surface area contributed by atoms with Gasteiger partial charge in [0.1, 0.15) is 0 Å². The zero-order chi connectivity index (χ0) is 19.5. The highest BCUT2D eigenvalue weighted by atomic mass is 16.1. The second-order valence-corrected chi connectivity index (χ2v) is 11.4. The van der Waals surface area contributed by atoms with Crippen molar-refractivity contribution in [2.45, 2.75) is 85.1 Å². The number of ketones is 1. The minimum absolute atomic E-state index is 0.233. The van der Waals surface area contributed by atoms with Crippen LogP contribution in [-0.2, 0) is 11.3 Å². The molecule has 8 unspecified atom stereocenters. The molecule has 4 saturated carbocycles. The molecule has 1 aromatic rings. The van der Waals surface area contributed by atoms with Crippen LogP contribution in [0.2, 0.25) is 0 Å². The van der Waals surface area contributed by atoms with E-state index in [0.717, 1.165) is 36.0 Å². The van der Waals surface area contributed by atoms with E-state index >= 15 is 0 Å². The molecular formula is C25H38N2O. The number of carbonyl (C=O) groups excluding carboxylic acids is 1. The highest BCUT2D eigenvalue weighted by Gasteiger charge is 2.60. The maximum atomic E-state index is 13.2. The van der Waals surface area contributed by atoms with Gasteiger partial charge in [-0.05, 0) is 97.9 Å². The first kappa shape index (κ1) is 18.9. The average Bonchev–Trinajstić information content (AvgIpc) is 3.29. The summed E-state index contributed by atoms with van der Waals surface area (Å²) in [6.45, 7) is 8.06. The number of fused-ring (bicyclic) bond motifs is 5. The van der Waals surface area contributed by atoms with Crippen molar-refractivity contribution in [2.24, 2.45) is 46.3 Å². The van der Waals surface area contributed by atoms with Crippen LogP contribution >= 0.6 is 0 Å². The summed E-state index contributed by atoms with van der Waals surface area (Å²) in [5.41, 5.74) is 0.810. The molecule has 0 N–H and O–H groups in total. The van der Waals surface area contributed by atoms with E-state index in [0.29, 0.717) is 17.7 Å². The Morgan fingerprint density at radius 2 is 1.82 bits per heavy atom. The van der Waals surface area contributed by atoms with Crippen LogP contribution < -0.4 is 0 Å². The molecular weight excluding hydrogens is 344 g/mol. The molecule has 4 aliphatic rings. The van der Waals surface area contributed by atoms with Crippen LogP contribution in [-0.4, -0.2) is 15.6 Å². The van der Waals surface area contributed by atoms with E-state index in [1.54, 1.807) is 6.20 Å². The Kier molecular flexibility index (Phi) is 4.52. The maximum absolute atomic E-state index is 13.2. The summed E-state index contributed by atoms with van der Waals surface area (Å²) in [7, 11) is 0. The predicted molar refractivity (Wildman–Crippen MR) is 112 cm³/mol. The Balaban J connectivity index is 1.36. The van der Waals surface area contributed by atoms with Crippen LogP contribution in [0.5, 0.6) is 0 Å². The highest BCUT2D eigenvalue weighted by Crippen LogP contribution is 2.67. The number of hydrogen-bond acceptors (Lipinski definition) is 2. The summed E-state index contributed by atoms with van der Waals surface area (Å²) in [5.74, 6) is 5.13. The molecule has 0 radical (unpaired) electrons. The predicted octanol–water partition coefficient (Wildman–Crippen LogP) is 5.75. The lowest BCUT2D eigenvalue weighted by Gasteiger charge is -2.61. The van der Waals surface area contributed by atoms with Gasteiger partial charge in [-0.15, -0.1) is 0 Å². The van der Waals surface area contributed by atoms with Crippen LogP contribution in [0.15, 0.2) is 18.5 Å². The van der Waals surface area contributed by atoms with Crippen molar-refractivity contribution >= 4 is 5.78 Å². The molecule has 0 saturated heterocycles. The third kappa shape index (κ3) is 2.75. The Hall–Kier alpha value is -1.12. The zero-order valence-corrected chi connectivity index (χ0v) is 18.1. The lowest BCUT2D eigenvalue weighted by molar-refractivity contribution is -0.137. The van der Waals surface area contributed by atoms with E-state index in [4.69, 9.17) is 0 Å². The van der Waals surface area contributed by atoms with Gasteiger partial charge in [0.15, 0.2) is 5.78 Å². The summed E-state index contributed by atoms with van der Waals surface area (Å²) >= 11 is 0. The Bertz CT molecular complexity index is 727. The lowest BCUT2D eigenvalue weighted by Crippen LogP contribution is -2.53. The molecule has 0 spiro atoms. The number of Topliss-reactive ketones (excluding diaryl/α,β-unsaturated/α-hetero) is 1. The van der Waals surface area contributed by atoms with Crippen molar-refractivity contribution < 1.29 is 4.79 Å². The van der Waals surface area contributed by atoms with Crippen molar-refractivity contribution in [3.63, 3.8) is 0 Å². The highest BCUT2D eigenvalue weighted by molar-refractivity contribution is 5.82. The molecule has 0 aliphatic heterocycles. The van der Waals surface area contributed by atoms with Crippen molar-refractivity contribution in [1.29, 1.82) is 0 Å². The topological polar surface area (TPSA) is 34.9 Å². The third-order valence-corrected chi connectivity index (χ3v) is 10.2. The monoisotopic (exact) mass is 382 g/mol. The molecule has 4 aliphatic carbocycles. The molecule has 8 atom stereocenters. The van der Waals surface area contributed by atoms with Gasteiger partial charge in [0.25, 0.3) is 0 Å². The van der Waals surface area contributed by atoms with Crippen molar-refractivity contribution in [1.82, 2.24) is 9.78 Å². The number of carbonyl (C=O) groups is 1. The van der Waals surface area contributed by atoms with Crippen LogP contribution in [0.3, 0.4) is 0 Å². The molecule has 3 nitrogen and oxygen atoms in total. The van der Waals surface area contributed by atoms with E-state index in [1.807, 2.05) is 16.9 Å². The first-order chi connectivity index (χ1) is 13.4. The number of nitrogens with zero attached hydrogens (tertiary/aromatic N) is 2.